The van der Waals surface area contributed by atoms with Crippen molar-refractivity contribution in [2.45, 2.75) is 18.3 Å². The van der Waals surface area contributed by atoms with Gasteiger partial charge in [-0.25, -0.2) is 14.6 Å². The molecule has 1 fully saturated rings. The zero-order valence-electron chi connectivity index (χ0n) is 16.5. The summed E-state index contributed by atoms with van der Waals surface area (Å²) in [5.41, 5.74) is 3.80. The summed E-state index contributed by atoms with van der Waals surface area (Å²) in [7, 11) is 0. The Bertz CT molecular complexity index is 1060. The Morgan fingerprint density at radius 2 is 2.06 bits per heavy atom. The maximum atomic E-state index is 15.0. The van der Waals surface area contributed by atoms with E-state index in [-0.39, 0.29) is 30.5 Å². The highest BCUT2D eigenvalue weighted by Crippen LogP contribution is 2.36. The average Bonchev–Trinajstić information content (AvgIpc) is 3.14. The molecule has 4 rings (SSSR count). The molecule has 0 radical (unpaired) electrons. The molecule has 10 heteroatoms. The predicted octanol–water partition coefficient (Wildman–Crippen LogP) is 2.55. The monoisotopic (exact) mass is 442 g/mol. The summed E-state index contributed by atoms with van der Waals surface area (Å²) in [5.74, 6) is -1.08. The zero-order chi connectivity index (χ0) is 22.0. The van der Waals surface area contributed by atoms with E-state index in [9.17, 15) is 18.8 Å². The molecule has 2 N–H and O–H groups in total. The second kappa shape index (κ2) is 8.76. The summed E-state index contributed by atoms with van der Waals surface area (Å²) >= 11 is 1.16. The van der Waals surface area contributed by atoms with E-state index in [0.29, 0.717) is 10.7 Å². The predicted molar refractivity (Wildman–Crippen MR) is 114 cm³/mol. The molecule has 2 aliphatic heterocycles. The third kappa shape index (κ3) is 4.53. The second-order valence-corrected chi connectivity index (χ2v) is 8.11. The largest absolute Gasteiger partial charge is 0.442 e. The van der Waals surface area contributed by atoms with E-state index in [1.165, 1.54) is 24.0 Å². The van der Waals surface area contributed by atoms with E-state index >= 15 is 0 Å². The molecule has 0 aliphatic carbocycles. The van der Waals surface area contributed by atoms with Gasteiger partial charge in [0.05, 0.1) is 18.8 Å². The van der Waals surface area contributed by atoms with Crippen molar-refractivity contribution in [3.8, 4) is 0 Å². The third-order valence-electron chi connectivity index (χ3n) is 4.79. The lowest BCUT2D eigenvalue weighted by atomic mass is 10.1. The van der Waals surface area contributed by atoms with Gasteiger partial charge in [0.2, 0.25) is 5.91 Å². The smallest absolute Gasteiger partial charge is 0.414 e. The quantitative estimate of drug-likeness (QED) is 0.741. The molecule has 1 saturated heterocycles. The van der Waals surface area contributed by atoms with Crippen molar-refractivity contribution in [2.75, 3.05) is 18.0 Å². The summed E-state index contributed by atoms with van der Waals surface area (Å²) in [6.45, 7) is 1.76. The Kier molecular flexibility index (Phi) is 5.90. The SMILES string of the molecule is CC(=O)NC[C@H]1CN(c2ccc(C3=NNC(=O)C(c4ccccc4)S3)c(F)c2)C(=O)O1. The Balaban J connectivity index is 1.51. The maximum absolute atomic E-state index is 15.0. The number of benzene rings is 2. The molecule has 0 aromatic heterocycles. The van der Waals surface area contributed by atoms with Gasteiger partial charge in [-0.05, 0) is 23.8 Å². The number of rotatable bonds is 5. The number of carbonyl (C=O) groups excluding carboxylic acids is 3. The maximum Gasteiger partial charge on any atom is 0.414 e. The van der Waals surface area contributed by atoms with Crippen molar-refractivity contribution in [1.82, 2.24) is 10.7 Å². The van der Waals surface area contributed by atoms with Gasteiger partial charge in [0.25, 0.3) is 5.91 Å². The van der Waals surface area contributed by atoms with Gasteiger partial charge in [0, 0.05) is 12.5 Å². The first-order valence-electron chi connectivity index (χ1n) is 9.54. The minimum absolute atomic E-state index is 0.187. The van der Waals surface area contributed by atoms with Crippen molar-refractivity contribution < 1.29 is 23.5 Å². The zero-order valence-corrected chi connectivity index (χ0v) is 17.3. The molecule has 2 heterocycles. The molecular weight excluding hydrogens is 423 g/mol. The number of nitrogens with one attached hydrogen (secondary N) is 2. The van der Waals surface area contributed by atoms with E-state index in [4.69, 9.17) is 4.74 Å². The van der Waals surface area contributed by atoms with Gasteiger partial charge < -0.3 is 10.1 Å². The summed E-state index contributed by atoms with van der Waals surface area (Å²) in [6, 6.07) is 13.5. The van der Waals surface area contributed by atoms with Gasteiger partial charge in [0.15, 0.2) is 0 Å². The molecule has 2 aromatic rings. The van der Waals surface area contributed by atoms with Crippen LogP contribution in [0.25, 0.3) is 0 Å². The fourth-order valence-electron chi connectivity index (χ4n) is 3.27. The van der Waals surface area contributed by atoms with Crippen molar-refractivity contribution in [3.63, 3.8) is 0 Å². The molecular formula is C21H19FN4O4S. The van der Waals surface area contributed by atoms with Crippen LogP contribution in [0, 0.1) is 5.82 Å². The number of nitrogens with zero attached hydrogens (tertiary/aromatic N) is 2. The number of amides is 3. The number of hydrazone groups is 1. The highest BCUT2D eigenvalue weighted by Gasteiger charge is 2.33. The molecule has 3 amide bonds. The van der Waals surface area contributed by atoms with Crippen LogP contribution >= 0.6 is 11.8 Å². The standard InChI is InChI=1S/C21H19FN4O4S/c1-12(27)23-10-15-11-26(21(29)30-15)14-7-8-16(17(22)9-14)20-25-24-19(28)18(31-20)13-5-3-2-4-6-13/h2-9,15,18H,10-11H2,1H3,(H,23,27)(H,24,28)/t15-,18?/m0/s1. The van der Waals surface area contributed by atoms with Gasteiger partial charge in [0.1, 0.15) is 22.2 Å². The molecule has 0 bridgehead atoms. The van der Waals surface area contributed by atoms with Crippen LogP contribution in [0.2, 0.25) is 0 Å². The highest BCUT2D eigenvalue weighted by atomic mass is 32.2. The number of hydrogen-bond acceptors (Lipinski definition) is 6. The van der Waals surface area contributed by atoms with Crippen LogP contribution in [0.5, 0.6) is 0 Å². The Morgan fingerprint density at radius 1 is 1.29 bits per heavy atom. The normalized spacial score (nSPS) is 20.7. The molecule has 1 unspecified atom stereocenters. The number of ether oxygens (including phenoxy) is 1. The fourth-order valence-corrected chi connectivity index (χ4v) is 4.34. The van der Waals surface area contributed by atoms with Crippen molar-refractivity contribution in [2.24, 2.45) is 5.10 Å². The average molecular weight is 442 g/mol. The third-order valence-corrected chi connectivity index (χ3v) is 6.04. The minimum atomic E-state index is -0.608. The Morgan fingerprint density at radius 3 is 2.77 bits per heavy atom. The van der Waals surface area contributed by atoms with Crippen LogP contribution in [0.3, 0.4) is 0 Å². The number of thioether (sulfide) groups is 1. The number of anilines is 1. The molecule has 0 spiro atoms. The number of hydrogen-bond donors (Lipinski definition) is 2. The molecule has 8 nitrogen and oxygen atoms in total. The van der Waals surface area contributed by atoms with E-state index < -0.39 is 23.3 Å². The molecule has 2 atom stereocenters. The Labute approximate surface area is 181 Å². The first-order valence-corrected chi connectivity index (χ1v) is 10.4. The number of cyclic esters (lactones) is 1. The van der Waals surface area contributed by atoms with Crippen LogP contribution < -0.4 is 15.6 Å². The van der Waals surface area contributed by atoms with Gasteiger partial charge in [-0.15, -0.1) is 0 Å². The van der Waals surface area contributed by atoms with Crippen molar-refractivity contribution in [3.05, 3.63) is 65.5 Å². The summed E-state index contributed by atoms with van der Waals surface area (Å²) < 4.78 is 20.2. The van der Waals surface area contributed by atoms with Crippen molar-refractivity contribution >= 4 is 40.4 Å². The van der Waals surface area contributed by atoms with Crippen LogP contribution in [0.1, 0.15) is 23.3 Å². The van der Waals surface area contributed by atoms with Crippen LogP contribution in [0.15, 0.2) is 53.6 Å². The van der Waals surface area contributed by atoms with Crippen molar-refractivity contribution in [1.29, 1.82) is 0 Å². The lowest BCUT2D eigenvalue weighted by Gasteiger charge is -2.22. The van der Waals surface area contributed by atoms with Gasteiger partial charge in [-0.1, -0.05) is 42.1 Å². The molecule has 31 heavy (non-hydrogen) atoms. The van der Waals surface area contributed by atoms with Gasteiger partial charge >= 0.3 is 6.09 Å². The topological polar surface area (TPSA) is 100 Å². The minimum Gasteiger partial charge on any atom is -0.442 e. The van der Waals surface area contributed by atoms with E-state index in [1.807, 2.05) is 30.3 Å². The molecule has 2 aliphatic rings. The van der Waals surface area contributed by atoms with Crippen LogP contribution in [-0.4, -0.2) is 42.1 Å². The van der Waals surface area contributed by atoms with E-state index in [0.717, 1.165) is 17.3 Å². The van der Waals surface area contributed by atoms with E-state index in [1.54, 1.807) is 6.07 Å². The lowest BCUT2D eigenvalue weighted by Crippen LogP contribution is -2.33. The Hall–Kier alpha value is -3.40. The summed E-state index contributed by atoms with van der Waals surface area (Å²) in [6.07, 6.45) is -1.12. The van der Waals surface area contributed by atoms with Gasteiger partial charge in [-0.3, -0.25) is 14.5 Å². The van der Waals surface area contributed by atoms with Gasteiger partial charge in [-0.2, -0.15) is 5.10 Å². The first-order chi connectivity index (χ1) is 14.9. The fraction of sp³-hybridized carbons (Fsp3) is 0.238. The number of carbonyl (C=O) groups is 3. The second-order valence-electron chi connectivity index (χ2n) is 7.02. The lowest BCUT2D eigenvalue weighted by molar-refractivity contribution is -0.121. The number of halogens is 1. The van der Waals surface area contributed by atoms with Crippen LogP contribution in [-0.2, 0) is 14.3 Å². The van der Waals surface area contributed by atoms with E-state index in [2.05, 4.69) is 15.8 Å². The van der Waals surface area contributed by atoms with Crippen LogP contribution in [0.4, 0.5) is 14.9 Å². The summed E-state index contributed by atoms with van der Waals surface area (Å²) in [4.78, 5) is 36.7. The molecule has 0 saturated carbocycles. The first kappa shape index (κ1) is 20.9. The molecule has 2 aromatic carbocycles. The highest BCUT2D eigenvalue weighted by molar-refractivity contribution is 8.15. The molecule has 160 valence electrons. The summed E-state index contributed by atoms with van der Waals surface area (Å²) in [5, 5.41) is 6.39.